The molecule has 0 bridgehead atoms. The zero-order chi connectivity index (χ0) is 16.7. The number of nitrogens with zero attached hydrogens (tertiary/aromatic N) is 3. The molecule has 3 heterocycles. The molecule has 0 atom stereocenters. The predicted molar refractivity (Wildman–Crippen MR) is 99.0 cm³/mol. The first kappa shape index (κ1) is 15.9. The van der Waals surface area contributed by atoms with E-state index in [1.807, 2.05) is 11.4 Å². The summed E-state index contributed by atoms with van der Waals surface area (Å²) in [6.45, 7) is 4.23. The van der Waals surface area contributed by atoms with E-state index in [0.29, 0.717) is 22.3 Å². The monoisotopic (exact) mass is 360 g/mol. The van der Waals surface area contributed by atoms with Crippen LogP contribution in [0.3, 0.4) is 0 Å². The zero-order valence-corrected chi connectivity index (χ0v) is 15.5. The normalized spacial score (nSPS) is 15.6. The third-order valence-electron chi connectivity index (χ3n) is 4.75. The van der Waals surface area contributed by atoms with Gasteiger partial charge in [-0.3, -0.25) is 4.79 Å². The molecule has 0 aliphatic heterocycles. The van der Waals surface area contributed by atoms with E-state index in [9.17, 15) is 4.79 Å². The van der Waals surface area contributed by atoms with Gasteiger partial charge < -0.3 is 9.55 Å². The summed E-state index contributed by atoms with van der Waals surface area (Å²) in [6.07, 6.45) is 5.07. The molecule has 0 spiro atoms. The van der Waals surface area contributed by atoms with Crippen LogP contribution in [-0.4, -0.2) is 19.5 Å². The number of fused-ring (bicyclic) bond motifs is 1. The molecular formula is C17H20N4OS2. The van der Waals surface area contributed by atoms with Crippen LogP contribution in [0.5, 0.6) is 0 Å². The van der Waals surface area contributed by atoms with E-state index in [4.69, 9.17) is 4.98 Å². The van der Waals surface area contributed by atoms with Crippen LogP contribution in [0.4, 0.5) is 0 Å². The summed E-state index contributed by atoms with van der Waals surface area (Å²) in [4.78, 5) is 24.3. The van der Waals surface area contributed by atoms with Crippen molar-refractivity contribution in [3.63, 3.8) is 0 Å². The second-order valence-corrected chi connectivity index (χ2v) is 8.17. The average Bonchev–Trinajstić information content (AvgIpc) is 3.27. The summed E-state index contributed by atoms with van der Waals surface area (Å²) < 4.78 is 3.09. The fourth-order valence-electron chi connectivity index (χ4n) is 3.41. The van der Waals surface area contributed by atoms with Gasteiger partial charge in [-0.25, -0.2) is 9.97 Å². The number of hydrogen-bond donors (Lipinski definition) is 1. The van der Waals surface area contributed by atoms with Crippen LogP contribution in [0.1, 0.15) is 48.9 Å². The van der Waals surface area contributed by atoms with Gasteiger partial charge in [0.05, 0.1) is 17.0 Å². The Morgan fingerprint density at radius 2 is 2.12 bits per heavy atom. The van der Waals surface area contributed by atoms with E-state index in [2.05, 4.69) is 28.4 Å². The summed E-state index contributed by atoms with van der Waals surface area (Å²) in [5.41, 5.74) is 3.10. The van der Waals surface area contributed by atoms with Gasteiger partial charge >= 0.3 is 0 Å². The molecule has 126 valence electrons. The Labute approximate surface area is 148 Å². The van der Waals surface area contributed by atoms with Crippen molar-refractivity contribution in [3.05, 3.63) is 39.0 Å². The number of nitrogens with one attached hydrogen (secondary N) is 1. The number of imidazole rings is 1. The number of aromatic amines is 1. The van der Waals surface area contributed by atoms with Crippen molar-refractivity contribution < 1.29 is 0 Å². The number of rotatable bonds is 4. The van der Waals surface area contributed by atoms with Gasteiger partial charge in [0.1, 0.15) is 10.5 Å². The molecule has 1 fully saturated rings. The standard InChI is InChI=1S/C17H20N4OS2/c1-10-11(2)21(12-5-3-4-6-12)17(18-10)24-9-14-19-13-7-8-23-15(13)16(22)20-14/h7-8,12H,3-6,9H2,1-2H3,(H,19,20,22). The molecule has 0 aromatic carbocycles. The Balaban J connectivity index is 1.61. The summed E-state index contributed by atoms with van der Waals surface area (Å²) in [5, 5.41) is 2.95. The topological polar surface area (TPSA) is 63.6 Å². The molecule has 4 rings (SSSR count). The predicted octanol–water partition coefficient (Wildman–Crippen LogP) is 4.21. The summed E-state index contributed by atoms with van der Waals surface area (Å²) >= 11 is 3.10. The fourth-order valence-corrected chi connectivity index (χ4v) is 5.17. The molecule has 24 heavy (non-hydrogen) atoms. The second kappa shape index (κ2) is 6.37. The molecular weight excluding hydrogens is 340 g/mol. The number of aromatic nitrogens is 4. The fraction of sp³-hybridized carbons (Fsp3) is 0.471. The van der Waals surface area contributed by atoms with Crippen molar-refractivity contribution in [1.29, 1.82) is 0 Å². The molecule has 5 nitrogen and oxygen atoms in total. The first-order valence-corrected chi connectivity index (χ1v) is 10.1. The SMILES string of the molecule is Cc1nc(SCc2nc3ccsc3c(=O)[nH]2)n(C2CCCC2)c1C. The van der Waals surface area contributed by atoms with E-state index in [1.165, 1.54) is 42.7 Å². The van der Waals surface area contributed by atoms with Gasteiger partial charge in [-0.05, 0) is 38.1 Å². The Kier molecular flexibility index (Phi) is 4.22. The van der Waals surface area contributed by atoms with E-state index < -0.39 is 0 Å². The Bertz CT molecular complexity index is 934. The van der Waals surface area contributed by atoms with Crippen molar-refractivity contribution >= 4 is 33.3 Å². The number of hydrogen-bond acceptors (Lipinski definition) is 5. The minimum Gasteiger partial charge on any atom is -0.320 e. The highest BCUT2D eigenvalue weighted by Crippen LogP contribution is 2.35. The maximum atomic E-state index is 12.1. The molecule has 0 radical (unpaired) electrons. The lowest BCUT2D eigenvalue weighted by Gasteiger charge is -2.16. The maximum absolute atomic E-state index is 12.1. The largest absolute Gasteiger partial charge is 0.320 e. The van der Waals surface area contributed by atoms with Gasteiger partial charge in [-0.1, -0.05) is 24.6 Å². The van der Waals surface area contributed by atoms with Gasteiger partial charge in [0, 0.05) is 11.7 Å². The third-order valence-corrected chi connectivity index (χ3v) is 6.61. The van der Waals surface area contributed by atoms with E-state index >= 15 is 0 Å². The smallest absolute Gasteiger partial charge is 0.268 e. The molecule has 1 aliphatic rings. The molecule has 0 unspecified atom stereocenters. The minimum atomic E-state index is -0.0444. The van der Waals surface area contributed by atoms with E-state index in [0.717, 1.165) is 16.4 Å². The third kappa shape index (κ3) is 2.80. The van der Waals surface area contributed by atoms with Gasteiger partial charge in [0.25, 0.3) is 5.56 Å². The molecule has 1 aliphatic carbocycles. The maximum Gasteiger partial charge on any atom is 0.268 e. The van der Waals surface area contributed by atoms with Crippen LogP contribution < -0.4 is 5.56 Å². The van der Waals surface area contributed by atoms with Gasteiger partial charge in [-0.2, -0.15) is 0 Å². The molecule has 3 aromatic rings. The van der Waals surface area contributed by atoms with E-state index in [1.54, 1.807) is 11.8 Å². The lowest BCUT2D eigenvalue weighted by atomic mass is 10.2. The van der Waals surface area contributed by atoms with Crippen LogP contribution in [-0.2, 0) is 5.75 Å². The number of thiophene rings is 1. The van der Waals surface area contributed by atoms with Crippen LogP contribution in [0.15, 0.2) is 21.4 Å². The second-order valence-electron chi connectivity index (χ2n) is 6.31. The summed E-state index contributed by atoms with van der Waals surface area (Å²) in [6, 6.07) is 2.47. The Morgan fingerprint density at radius 1 is 1.33 bits per heavy atom. The van der Waals surface area contributed by atoms with Gasteiger partial charge in [0.15, 0.2) is 5.16 Å². The number of H-pyrrole nitrogens is 1. The summed E-state index contributed by atoms with van der Waals surface area (Å²) in [5.74, 6) is 1.34. The Morgan fingerprint density at radius 3 is 2.92 bits per heavy atom. The van der Waals surface area contributed by atoms with Crippen molar-refractivity contribution in [1.82, 2.24) is 19.5 Å². The average molecular weight is 361 g/mol. The first-order valence-electron chi connectivity index (χ1n) is 8.28. The molecule has 1 N–H and O–H groups in total. The highest BCUT2D eigenvalue weighted by atomic mass is 32.2. The number of thioether (sulfide) groups is 1. The lowest BCUT2D eigenvalue weighted by molar-refractivity contribution is 0.471. The highest BCUT2D eigenvalue weighted by Gasteiger charge is 2.23. The molecule has 7 heteroatoms. The van der Waals surface area contributed by atoms with Crippen molar-refractivity contribution in [3.8, 4) is 0 Å². The highest BCUT2D eigenvalue weighted by molar-refractivity contribution is 7.98. The molecule has 0 saturated heterocycles. The lowest BCUT2D eigenvalue weighted by Crippen LogP contribution is -2.11. The molecule has 0 amide bonds. The van der Waals surface area contributed by atoms with Crippen molar-refractivity contribution in [2.75, 3.05) is 0 Å². The van der Waals surface area contributed by atoms with Gasteiger partial charge in [-0.15, -0.1) is 11.3 Å². The summed E-state index contributed by atoms with van der Waals surface area (Å²) in [7, 11) is 0. The van der Waals surface area contributed by atoms with E-state index in [-0.39, 0.29) is 5.56 Å². The van der Waals surface area contributed by atoms with Crippen LogP contribution in [0.25, 0.3) is 10.2 Å². The van der Waals surface area contributed by atoms with Crippen molar-refractivity contribution in [2.24, 2.45) is 0 Å². The van der Waals surface area contributed by atoms with Crippen LogP contribution in [0, 0.1) is 13.8 Å². The molecule has 1 saturated carbocycles. The van der Waals surface area contributed by atoms with Crippen molar-refractivity contribution in [2.45, 2.75) is 56.5 Å². The van der Waals surface area contributed by atoms with Crippen LogP contribution in [0.2, 0.25) is 0 Å². The zero-order valence-electron chi connectivity index (χ0n) is 13.8. The quantitative estimate of drug-likeness (QED) is 0.708. The Hall–Kier alpha value is -1.60. The number of aryl methyl sites for hydroxylation is 1. The van der Waals surface area contributed by atoms with Gasteiger partial charge in [0.2, 0.25) is 0 Å². The molecule has 3 aromatic heterocycles. The van der Waals surface area contributed by atoms with Crippen LogP contribution >= 0.6 is 23.1 Å². The first-order chi connectivity index (χ1) is 11.6. The minimum absolute atomic E-state index is 0.0444.